The largest absolute Gasteiger partial charge is 0.496 e. The van der Waals surface area contributed by atoms with Crippen LogP contribution >= 0.6 is 24.0 Å². The second-order valence-corrected chi connectivity index (χ2v) is 5.25. The van der Waals surface area contributed by atoms with E-state index in [1.165, 1.54) is 0 Å². The topological polar surface area (TPSA) is 41.6 Å². The lowest BCUT2D eigenvalue weighted by atomic mass is 10.1. The first-order valence-electron chi connectivity index (χ1n) is 6.61. The number of amides is 1. The zero-order valence-corrected chi connectivity index (χ0v) is 13.7. The summed E-state index contributed by atoms with van der Waals surface area (Å²) in [4.78, 5) is 13.9. The van der Waals surface area contributed by atoms with Gasteiger partial charge in [-0.05, 0) is 37.2 Å². The van der Waals surface area contributed by atoms with Crippen molar-refractivity contribution in [2.24, 2.45) is 0 Å². The van der Waals surface area contributed by atoms with Crippen LogP contribution in [0.4, 0.5) is 0 Å². The van der Waals surface area contributed by atoms with Crippen LogP contribution < -0.4 is 10.1 Å². The minimum absolute atomic E-state index is 0. The van der Waals surface area contributed by atoms with Crippen molar-refractivity contribution in [3.8, 4) is 5.75 Å². The predicted octanol–water partition coefficient (Wildman–Crippen LogP) is 2.60. The number of methoxy groups -OCH3 is 1. The van der Waals surface area contributed by atoms with E-state index in [0.717, 1.165) is 25.1 Å². The molecular weight excluding hydrogens is 311 g/mol. The Morgan fingerprint density at radius 1 is 1.52 bits per heavy atom. The van der Waals surface area contributed by atoms with Crippen LogP contribution in [0.2, 0.25) is 5.02 Å². The van der Waals surface area contributed by atoms with E-state index < -0.39 is 0 Å². The zero-order chi connectivity index (χ0) is 14.5. The van der Waals surface area contributed by atoms with Crippen molar-refractivity contribution in [2.45, 2.75) is 12.5 Å². The van der Waals surface area contributed by atoms with Crippen molar-refractivity contribution in [2.75, 3.05) is 27.2 Å². The molecule has 2 rings (SSSR count). The first kappa shape index (κ1) is 17.8. The lowest BCUT2D eigenvalue weighted by Crippen LogP contribution is -2.37. The highest BCUT2D eigenvalue weighted by Crippen LogP contribution is 2.23. The molecule has 0 radical (unpaired) electrons. The van der Waals surface area contributed by atoms with Gasteiger partial charge in [0.05, 0.1) is 7.11 Å². The minimum Gasteiger partial charge on any atom is -0.496 e. The van der Waals surface area contributed by atoms with E-state index in [4.69, 9.17) is 16.3 Å². The summed E-state index contributed by atoms with van der Waals surface area (Å²) in [5.74, 6) is 0.685. The molecule has 6 heteroatoms. The Labute approximate surface area is 136 Å². The SMILES string of the molecule is COc1ccc(Cl)cc1C=CC(=O)N(C)C1CCNC1.Cl. The molecule has 116 valence electrons. The second kappa shape index (κ2) is 8.27. The number of halogens is 2. The van der Waals surface area contributed by atoms with Gasteiger partial charge in [-0.2, -0.15) is 0 Å². The minimum atomic E-state index is -0.0132. The third-order valence-electron chi connectivity index (χ3n) is 3.53. The molecule has 1 aromatic carbocycles. The summed E-state index contributed by atoms with van der Waals surface area (Å²) >= 11 is 5.96. The zero-order valence-electron chi connectivity index (χ0n) is 12.1. The number of benzene rings is 1. The third kappa shape index (κ3) is 4.63. The average Bonchev–Trinajstić information content (AvgIpc) is 2.98. The molecule has 1 aromatic rings. The van der Waals surface area contributed by atoms with Crippen LogP contribution in [0.1, 0.15) is 12.0 Å². The van der Waals surface area contributed by atoms with Crippen LogP contribution in [-0.4, -0.2) is 44.1 Å². The molecule has 21 heavy (non-hydrogen) atoms. The summed E-state index contributed by atoms with van der Waals surface area (Å²) < 4.78 is 5.25. The third-order valence-corrected chi connectivity index (χ3v) is 3.76. The van der Waals surface area contributed by atoms with E-state index in [9.17, 15) is 4.79 Å². The second-order valence-electron chi connectivity index (χ2n) is 4.82. The first-order chi connectivity index (χ1) is 9.61. The summed E-state index contributed by atoms with van der Waals surface area (Å²) in [6.45, 7) is 1.82. The van der Waals surface area contributed by atoms with Crippen LogP contribution in [0.25, 0.3) is 6.08 Å². The number of nitrogens with one attached hydrogen (secondary N) is 1. The molecule has 1 aliphatic heterocycles. The van der Waals surface area contributed by atoms with Gasteiger partial charge in [0, 0.05) is 36.3 Å². The quantitative estimate of drug-likeness (QED) is 0.863. The van der Waals surface area contributed by atoms with Crippen molar-refractivity contribution >= 4 is 36.0 Å². The molecular formula is C15H20Cl2N2O2. The van der Waals surface area contributed by atoms with Gasteiger partial charge in [-0.25, -0.2) is 0 Å². The summed E-state index contributed by atoms with van der Waals surface area (Å²) in [6, 6.07) is 5.60. The Kier molecular flexibility index (Phi) is 7.02. The fourth-order valence-electron chi connectivity index (χ4n) is 2.26. The summed E-state index contributed by atoms with van der Waals surface area (Å²) in [6.07, 6.45) is 4.30. The smallest absolute Gasteiger partial charge is 0.246 e. The van der Waals surface area contributed by atoms with Gasteiger partial charge in [-0.1, -0.05) is 11.6 Å². The van der Waals surface area contributed by atoms with Gasteiger partial charge < -0.3 is 15.0 Å². The standard InChI is InChI=1S/C15H19ClN2O2.ClH/c1-18(13-7-8-17-10-13)15(19)6-3-11-9-12(16)4-5-14(11)20-2;/h3-6,9,13,17H,7-8,10H2,1-2H3;1H. The van der Waals surface area contributed by atoms with Crippen molar-refractivity contribution in [1.82, 2.24) is 10.2 Å². The fourth-order valence-corrected chi connectivity index (χ4v) is 2.44. The molecule has 1 unspecified atom stereocenters. The van der Waals surface area contributed by atoms with Gasteiger partial charge in [0.2, 0.25) is 5.91 Å². The van der Waals surface area contributed by atoms with Crippen LogP contribution in [0, 0.1) is 0 Å². The number of hydrogen-bond donors (Lipinski definition) is 1. The average molecular weight is 331 g/mol. The number of rotatable bonds is 4. The van der Waals surface area contributed by atoms with E-state index in [-0.39, 0.29) is 24.4 Å². The Morgan fingerprint density at radius 3 is 2.90 bits per heavy atom. The summed E-state index contributed by atoms with van der Waals surface area (Å²) in [5, 5.41) is 3.87. The van der Waals surface area contributed by atoms with Gasteiger partial charge in [0.15, 0.2) is 0 Å². The van der Waals surface area contributed by atoms with E-state index >= 15 is 0 Å². The maximum atomic E-state index is 12.1. The first-order valence-corrected chi connectivity index (χ1v) is 6.98. The molecule has 1 saturated heterocycles. The summed E-state index contributed by atoms with van der Waals surface area (Å²) in [5.41, 5.74) is 0.797. The Morgan fingerprint density at radius 2 is 2.29 bits per heavy atom. The molecule has 1 aliphatic rings. The number of nitrogens with zero attached hydrogens (tertiary/aromatic N) is 1. The van der Waals surface area contributed by atoms with Gasteiger partial charge in [0.1, 0.15) is 5.75 Å². The molecule has 0 bridgehead atoms. The number of carbonyl (C=O) groups excluding carboxylic acids is 1. The van der Waals surface area contributed by atoms with Crippen molar-refractivity contribution in [1.29, 1.82) is 0 Å². The molecule has 1 atom stereocenters. The number of hydrogen-bond acceptors (Lipinski definition) is 3. The predicted molar refractivity (Wildman–Crippen MR) is 88.3 cm³/mol. The molecule has 1 heterocycles. The van der Waals surface area contributed by atoms with Crippen LogP contribution in [-0.2, 0) is 4.79 Å². The molecule has 0 aromatic heterocycles. The van der Waals surface area contributed by atoms with Crippen LogP contribution in [0.3, 0.4) is 0 Å². The van der Waals surface area contributed by atoms with Gasteiger partial charge >= 0.3 is 0 Å². The van der Waals surface area contributed by atoms with Gasteiger partial charge in [-0.15, -0.1) is 12.4 Å². The Balaban J connectivity index is 0.00000220. The van der Waals surface area contributed by atoms with Crippen molar-refractivity contribution in [3.63, 3.8) is 0 Å². The highest BCUT2D eigenvalue weighted by Gasteiger charge is 2.21. The highest BCUT2D eigenvalue weighted by atomic mass is 35.5. The Hall–Kier alpha value is -1.23. The van der Waals surface area contributed by atoms with Gasteiger partial charge in [0.25, 0.3) is 0 Å². The number of ether oxygens (including phenoxy) is 1. The van der Waals surface area contributed by atoms with Crippen LogP contribution in [0.5, 0.6) is 5.75 Å². The van der Waals surface area contributed by atoms with Crippen LogP contribution in [0.15, 0.2) is 24.3 Å². The molecule has 1 fully saturated rings. The molecule has 0 aliphatic carbocycles. The highest BCUT2D eigenvalue weighted by molar-refractivity contribution is 6.30. The summed E-state index contributed by atoms with van der Waals surface area (Å²) in [7, 11) is 3.43. The van der Waals surface area contributed by atoms with E-state index in [1.54, 1.807) is 42.4 Å². The van der Waals surface area contributed by atoms with E-state index in [0.29, 0.717) is 10.8 Å². The fraction of sp³-hybridized carbons (Fsp3) is 0.400. The normalized spacial score (nSPS) is 17.6. The lowest BCUT2D eigenvalue weighted by molar-refractivity contribution is -0.126. The van der Waals surface area contributed by atoms with E-state index in [2.05, 4.69) is 5.32 Å². The molecule has 1 N–H and O–H groups in total. The van der Waals surface area contributed by atoms with Crippen molar-refractivity contribution in [3.05, 3.63) is 34.9 Å². The molecule has 0 spiro atoms. The maximum Gasteiger partial charge on any atom is 0.246 e. The molecule has 0 saturated carbocycles. The van der Waals surface area contributed by atoms with E-state index in [1.807, 2.05) is 7.05 Å². The van der Waals surface area contributed by atoms with Gasteiger partial charge in [-0.3, -0.25) is 4.79 Å². The Bertz CT molecular complexity index is 514. The lowest BCUT2D eigenvalue weighted by Gasteiger charge is -2.22. The van der Waals surface area contributed by atoms with Crippen molar-refractivity contribution < 1.29 is 9.53 Å². The maximum absolute atomic E-state index is 12.1. The number of likely N-dealkylation sites (N-methyl/N-ethyl adjacent to an activating group) is 1. The molecule has 1 amide bonds. The number of carbonyl (C=O) groups is 1. The monoisotopic (exact) mass is 330 g/mol. The molecule has 4 nitrogen and oxygen atoms in total.